The Morgan fingerprint density at radius 2 is 1.16 bits per heavy atom. The summed E-state index contributed by atoms with van der Waals surface area (Å²) in [5, 5.41) is 0. The van der Waals surface area contributed by atoms with Crippen LogP contribution in [0, 0.1) is 21.4 Å². The van der Waals surface area contributed by atoms with Gasteiger partial charge in [0.2, 0.25) is 0 Å². The van der Waals surface area contributed by atoms with Crippen LogP contribution in [0.1, 0.15) is 20.7 Å². The molecule has 0 bridgehead atoms. The molecule has 0 radical (unpaired) electrons. The summed E-state index contributed by atoms with van der Waals surface area (Å²) in [4.78, 5) is 59.2. The molecule has 2 aromatic rings. The van der Waals surface area contributed by atoms with Crippen molar-refractivity contribution in [2.24, 2.45) is 5.73 Å². The second kappa shape index (κ2) is 19.6. The van der Waals surface area contributed by atoms with Crippen molar-refractivity contribution in [2.45, 2.75) is 6.10 Å². The molecule has 0 amide bonds. The third kappa shape index (κ3) is 14.2. The van der Waals surface area contributed by atoms with Gasteiger partial charge in [0.25, 0.3) is 0 Å². The topological polar surface area (TPSA) is 187 Å². The number of hydrogen-bond donors (Lipinski definition) is 2. The molecule has 0 saturated carbocycles. The first kappa shape index (κ1) is 39.9. The fourth-order valence-electron chi connectivity index (χ4n) is 2.71. The van der Waals surface area contributed by atoms with Crippen molar-refractivity contribution >= 4 is 167 Å². The lowest BCUT2D eigenvalue weighted by atomic mass is 10.2. The quantitative estimate of drug-likeness (QED) is 0.0810. The molecule has 0 spiro atoms. The number of nitrogens with two attached hydrogens (primary N) is 1. The largest absolute Gasteiger partial charge is 0.472 e. The van der Waals surface area contributed by atoms with Gasteiger partial charge in [-0.3, -0.25) is 9.05 Å². The molecule has 2 rings (SSSR count). The van der Waals surface area contributed by atoms with E-state index in [0.717, 1.165) is 21.4 Å². The number of ether oxygens (including phenoxy) is 4. The molecule has 2 aromatic carbocycles. The van der Waals surface area contributed by atoms with Crippen LogP contribution in [-0.2, 0) is 42.1 Å². The fraction of sp³-hybridized carbons (Fsp3) is 0.304. The van der Waals surface area contributed by atoms with Gasteiger partial charge in [-0.1, -0.05) is 0 Å². The van der Waals surface area contributed by atoms with Crippen molar-refractivity contribution < 1.29 is 56.6 Å². The first-order chi connectivity index (χ1) is 20.1. The van der Waals surface area contributed by atoms with Crippen molar-refractivity contribution in [1.82, 2.24) is 0 Å². The zero-order valence-corrected chi connectivity index (χ0v) is 35.2. The van der Waals surface area contributed by atoms with E-state index in [9.17, 15) is 28.6 Å². The summed E-state index contributed by atoms with van der Waals surface area (Å²) in [5.74, 6) is -3.59. The van der Waals surface area contributed by atoms with Gasteiger partial charge in [0, 0.05) is 28.0 Å². The number of benzene rings is 2. The highest BCUT2D eigenvalue weighted by Gasteiger charge is 2.27. The number of halogens is 6. The third-order valence-corrected chi connectivity index (χ3v) is 15.4. The van der Waals surface area contributed by atoms with E-state index in [0.29, 0.717) is 0 Å². The Morgan fingerprint density at radius 1 is 0.721 bits per heavy atom. The Morgan fingerprint density at radius 3 is 1.60 bits per heavy atom. The lowest BCUT2D eigenvalue weighted by Crippen LogP contribution is -2.32. The maximum atomic E-state index is 12.4. The standard InChI is InChI=1S/C23H20I6NO12P/c24-14-3-11(4-15(25)20(14)28)22(33)38-9-18(31)37-7-13(8-41-43(35,36)40-2-1-30)42-19(32)10-39-23(34)12-5-16(26)21(29)17(27)6-12/h3-6,13H,1-2,7-10,30H2,(H,35,36)/t13-/m1/s1. The monoisotopic (exact) mass is 1290 g/mol. The molecule has 3 N–H and O–H groups in total. The van der Waals surface area contributed by atoms with Crippen molar-refractivity contribution in [1.29, 1.82) is 0 Å². The van der Waals surface area contributed by atoms with Crippen molar-refractivity contribution in [3.63, 3.8) is 0 Å². The van der Waals surface area contributed by atoms with E-state index >= 15 is 0 Å². The van der Waals surface area contributed by atoms with E-state index in [1.54, 1.807) is 24.3 Å². The van der Waals surface area contributed by atoms with Gasteiger partial charge in [-0.25, -0.2) is 23.7 Å². The minimum Gasteiger partial charge on any atom is -0.459 e. The van der Waals surface area contributed by atoms with E-state index < -0.39 is 64.2 Å². The number of hydrogen-bond acceptors (Lipinski definition) is 12. The molecule has 0 fully saturated rings. The van der Waals surface area contributed by atoms with Gasteiger partial charge in [0.1, 0.15) is 6.61 Å². The average Bonchev–Trinajstić information content (AvgIpc) is 2.95. The predicted molar refractivity (Wildman–Crippen MR) is 201 cm³/mol. The van der Waals surface area contributed by atoms with Crippen LogP contribution in [-0.4, -0.2) is 74.5 Å². The van der Waals surface area contributed by atoms with Crippen LogP contribution >= 0.6 is 143 Å². The van der Waals surface area contributed by atoms with E-state index in [1.165, 1.54) is 0 Å². The minimum atomic E-state index is -4.58. The maximum Gasteiger partial charge on any atom is 0.472 e. The molecule has 0 heterocycles. The van der Waals surface area contributed by atoms with Gasteiger partial charge < -0.3 is 29.6 Å². The predicted octanol–water partition coefficient (Wildman–Crippen LogP) is 4.88. The zero-order valence-electron chi connectivity index (χ0n) is 21.4. The maximum absolute atomic E-state index is 12.4. The highest BCUT2D eigenvalue weighted by Crippen LogP contribution is 2.43. The minimum absolute atomic E-state index is 0.0623. The van der Waals surface area contributed by atoms with Gasteiger partial charge in [0.05, 0.1) is 24.3 Å². The number of phosphoric acid groups is 1. The summed E-state index contributed by atoms with van der Waals surface area (Å²) in [6.07, 6.45) is -1.42. The van der Waals surface area contributed by atoms with Gasteiger partial charge in [0.15, 0.2) is 19.3 Å². The van der Waals surface area contributed by atoms with Gasteiger partial charge in [-0.05, 0) is 160 Å². The molecular formula is C23H20I6NO12P. The highest BCUT2D eigenvalue weighted by atomic mass is 127. The van der Waals surface area contributed by atoms with Crippen LogP contribution in [0.2, 0.25) is 0 Å². The first-order valence-electron chi connectivity index (χ1n) is 11.4. The zero-order chi connectivity index (χ0) is 32.3. The molecule has 0 aliphatic carbocycles. The second-order valence-corrected chi connectivity index (χ2v) is 16.1. The molecule has 20 heteroatoms. The Bertz CT molecular complexity index is 1360. The van der Waals surface area contributed by atoms with Crippen LogP contribution in [0.15, 0.2) is 24.3 Å². The van der Waals surface area contributed by atoms with Crippen LogP contribution in [0.5, 0.6) is 0 Å². The highest BCUT2D eigenvalue weighted by molar-refractivity contribution is 14.1. The summed E-state index contributed by atoms with van der Waals surface area (Å²) < 4.78 is 46.9. The molecule has 0 aliphatic rings. The number of carbonyl (C=O) groups is 4. The van der Waals surface area contributed by atoms with E-state index in [4.69, 9.17) is 29.2 Å². The second-order valence-electron chi connectivity index (χ2n) is 7.84. The van der Waals surface area contributed by atoms with Crippen molar-refractivity contribution in [3.05, 3.63) is 56.8 Å². The van der Waals surface area contributed by atoms with E-state index in [1.807, 2.05) is 0 Å². The van der Waals surface area contributed by atoms with Crippen LogP contribution in [0.3, 0.4) is 0 Å². The van der Waals surface area contributed by atoms with E-state index in [2.05, 4.69) is 140 Å². The normalized spacial score (nSPS) is 13.0. The Kier molecular flexibility index (Phi) is 18.2. The Balaban J connectivity index is 1.97. The lowest BCUT2D eigenvalue weighted by Gasteiger charge is -2.19. The third-order valence-electron chi connectivity index (χ3n) is 4.61. The van der Waals surface area contributed by atoms with Crippen LogP contribution < -0.4 is 5.73 Å². The Labute approximate surface area is 327 Å². The summed E-state index contributed by atoms with van der Waals surface area (Å²) in [7, 11) is -4.58. The molecule has 43 heavy (non-hydrogen) atoms. The molecule has 1 unspecified atom stereocenters. The molecule has 236 valence electrons. The van der Waals surface area contributed by atoms with Crippen LogP contribution in [0.25, 0.3) is 0 Å². The summed E-state index contributed by atoms with van der Waals surface area (Å²) in [6.45, 7) is -3.31. The van der Waals surface area contributed by atoms with Gasteiger partial charge >= 0.3 is 31.7 Å². The summed E-state index contributed by atoms with van der Waals surface area (Å²) in [6, 6.07) is 6.41. The van der Waals surface area contributed by atoms with Crippen molar-refractivity contribution in [2.75, 3.05) is 39.6 Å². The number of phosphoric ester groups is 1. The van der Waals surface area contributed by atoms with E-state index in [-0.39, 0.29) is 24.3 Å². The summed E-state index contributed by atoms with van der Waals surface area (Å²) >= 11 is 12.5. The molecule has 13 nitrogen and oxygen atoms in total. The molecule has 0 aromatic heterocycles. The fourth-order valence-corrected chi connectivity index (χ4v) is 7.63. The van der Waals surface area contributed by atoms with Gasteiger partial charge in [-0.15, -0.1) is 0 Å². The summed E-state index contributed by atoms with van der Waals surface area (Å²) in [5.41, 5.74) is 5.71. The SMILES string of the molecule is NCCOP(=O)(O)OC[C@@H](COC(=O)COC(=O)c1cc(I)c(I)c(I)c1)OC(=O)COC(=O)c1cc(I)c(I)c(I)c1. The Hall–Kier alpha value is 0.770. The molecule has 2 atom stereocenters. The van der Waals surface area contributed by atoms with Gasteiger partial charge in [-0.2, -0.15) is 0 Å². The lowest BCUT2D eigenvalue weighted by molar-refractivity contribution is -0.164. The number of esters is 4. The molecule has 0 aliphatic heterocycles. The van der Waals surface area contributed by atoms with Crippen molar-refractivity contribution in [3.8, 4) is 0 Å². The first-order valence-corrected chi connectivity index (χ1v) is 19.4. The number of carbonyl (C=O) groups excluding carboxylic acids is 4. The smallest absolute Gasteiger partial charge is 0.459 e. The molecular weight excluding hydrogens is 1270 g/mol. The molecule has 0 saturated heterocycles. The van der Waals surface area contributed by atoms with Crippen LogP contribution in [0.4, 0.5) is 0 Å². The number of rotatable bonds is 15. The average molecular weight is 1290 g/mol.